The van der Waals surface area contributed by atoms with Crippen molar-refractivity contribution in [2.45, 2.75) is 91.8 Å². The van der Waals surface area contributed by atoms with Crippen LogP contribution in [0.15, 0.2) is 207 Å². The van der Waals surface area contributed by atoms with Crippen molar-refractivity contribution in [2.24, 2.45) is 0 Å². The molecular weight excluding hydrogens is 1660 g/mol. The summed E-state index contributed by atoms with van der Waals surface area (Å²) in [5, 5.41) is 31.9. The van der Waals surface area contributed by atoms with E-state index >= 15 is 0 Å². The lowest BCUT2D eigenvalue weighted by Crippen LogP contribution is -2.42. The number of ether oxygens (including phenoxy) is 1. The number of amides is 6. The van der Waals surface area contributed by atoms with Gasteiger partial charge in [0.25, 0.3) is 17.7 Å². The lowest BCUT2D eigenvalue weighted by atomic mass is 9.97. The zero-order valence-electron chi connectivity index (χ0n) is 65.9. The summed E-state index contributed by atoms with van der Waals surface area (Å²) >= 11 is 38.3. The molecule has 5 aromatic heterocycles. The number of nitrogens with zero attached hydrogens (tertiary/aromatic N) is 10. The van der Waals surface area contributed by atoms with Gasteiger partial charge < -0.3 is 36.2 Å². The molecule has 0 aliphatic carbocycles. The smallest absolute Gasteiger partial charge is 0.410 e. The zero-order chi connectivity index (χ0) is 85.2. The molecule has 3 atom stereocenters. The molecule has 0 fully saturated rings. The first-order chi connectivity index (χ1) is 57.5. The van der Waals surface area contributed by atoms with E-state index in [1.165, 1.54) is 41.3 Å². The molecule has 0 bridgehead atoms. The number of carbonyl (C=O) groups is 5. The molecule has 0 radical (unpaired) electrons. The minimum atomic E-state index is -0.739. The van der Waals surface area contributed by atoms with Crippen LogP contribution in [0.5, 0.6) is 0 Å². The number of pyridine rings is 2. The van der Waals surface area contributed by atoms with Crippen LogP contribution >= 0.6 is 69.6 Å². The van der Waals surface area contributed by atoms with Gasteiger partial charge >= 0.3 is 12.1 Å². The van der Waals surface area contributed by atoms with Gasteiger partial charge in [0.1, 0.15) is 23.1 Å². The van der Waals surface area contributed by atoms with Crippen LogP contribution in [0.4, 0.5) is 22.8 Å². The molecule has 120 heavy (non-hydrogen) atoms. The van der Waals surface area contributed by atoms with Crippen LogP contribution in [0.2, 0.25) is 30.1 Å². The molecule has 0 saturated carbocycles. The van der Waals surface area contributed by atoms with Crippen molar-refractivity contribution < 1.29 is 41.9 Å². The summed E-state index contributed by atoms with van der Waals surface area (Å²) in [6, 6.07) is 52.7. The monoisotopic (exact) mass is 1730 g/mol. The first kappa shape index (κ1) is 86.0. The highest BCUT2D eigenvalue weighted by atomic mass is 35.5. The third kappa shape index (κ3) is 20.5. The minimum Gasteiger partial charge on any atom is -0.444 e. The van der Waals surface area contributed by atoms with Gasteiger partial charge in [-0.05, 0) is 221 Å². The summed E-state index contributed by atoms with van der Waals surface area (Å²) < 4.78 is 51.5. The van der Waals surface area contributed by atoms with Crippen LogP contribution in [0.25, 0.3) is 52.0 Å². The average Bonchev–Trinajstić information content (AvgIpc) is 1.60. The molecule has 3 aliphatic heterocycles. The number of fused-ring (bicyclic) bond motifs is 3. The van der Waals surface area contributed by atoms with E-state index in [0.717, 1.165) is 39.2 Å². The van der Waals surface area contributed by atoms with Crippen molar-refractivity contribution in [1.82, 2.24) is 75.7 Å². The Bertz CT molecular complexity index is 5910. The lowest BCUT2D eigenvalue weighted by molar-refractivity contribution is 0.0253. The Morgan fingerprint density at radius 2 is 0.833 bits per heavy atom. The van der Waals surface area contributed by atoms with Crippen LogP contribution in [-0.4, -0.2) is 111 Å². The molecule has 3 aliphatic rings. The Labute approximate surface area is 720 Å². The molecule has 8 heterocycles. The predicted octanol–water partition coefficient (Wildman–Crippen LogP) is 20.2. The van der Waals surface area contributed by atoms with Crippen molar-refractivity contribution in [1.29, 1.82) is 0 Å². The Morgan fingerprint density at radius 3 is 1.23 bits per heavy atom. The highest BCUT2D eigenvalue weighted by Gasteiger charge is 2.39. The number of nitrogens with one attached hydrogen (secondary N) is 5. The number of halogens is 9. The van der Waals surface area contributed by atoms with Crippen LogP contribution in [0, 0.1) is 17.5 Å². The summed E-state index contributed by atoms with van der Waals surface area (Å²) in [4.78, 5) is 79.2. The van der Waals surface area contributed by atoms with Gasteiger partial charge in [0.05, 0.1) is 98.4 Å². The van der Waals surface area contributed by atoms with Crippen molar-refractivity contribution in [2.75, 3.05) is 26.2 Å². The third-order valence-corrected chi connectivity index (χ3v) is 21.1. The third-order valence-electron chi connectivity index (χ3n) is 19.5. The van der Waals surface area contributed by atoms with E-state index in [4.69, 9.17) is 89.6 Å². The Morgan fingerprint density at radius 1 is 0.458 bits per heavy atom. The van der Waals surface area contributed by atoms with Gasteiger partial charge in [0.15, 0.2) is 17.1 Å². The van der Waals surface area contributed by atoms with Crippen LogP contribution in [0.1, 0.15) is 165 Å². The van der Waals surface area contributed by atoms with Gasteiger partial charge in [-0.2, -0.15) is 15.3 Å². The van der Waals surface area contributed by atoms with E-state index in [1.807, 2.05) is 107 Å². The molecule has 30 heteroatoms. The van der Waals surface area contributed by atoms with Gasteiger partial charge in [-0.15, -0.1) is 0 Å². The maximum absolute atomic E-state index is 13.8. The number of hydrogen-bond donors (Lipinski definition) is 5. The second-order valence-corrected chi connectivity index (χ2v) is 31.9. The summed E-state index contributed by atoms with van der Waals surface area (Å²) in [5.41, 5.74) is 12.1. The zero-order valence-corrected chi connectivity index (χ0v) is 70.4. The number of urea groups is 1. The number of aromatic nitrogens is 8. The van der Waals surface area contributed by atoms with Crippen molar-refractivity contribution in [3.05, 3.63) is 339 Å². The first-order valence-electron chi connectivity index (χ1n) is 38.2. The van der Waals surface area contributed by atoms with Crippen LogP contribution in [-0.2, 0) is 24.4 Å². The Balaban J connectivity index is 0.000000156. The van der Waals surface area contributed by atoms with E-state index in [1.54, 1.807) is 149 Å². The molecular formula is C90H80Cl6F3N15O6. The van der Waals surface area contributed by atoms with Crippen LogP contribution < -0.4 is 26.6 Å². The van der Waals surface area contributed by atoms with Crippen molar-refractivity contribution >= 4 is 134 Å². The topological polar surface area (TPSA) is 240 Å². The molecule has 0 spiro atoms. The Hall–Kier alpha value is -11.9. The van der Waals surface area contributed by atoms with Gasteiger partial charge in [-0.3, -0.25) is 29.3 Å². The number of carbonyl (C=O) groups excluding carboxylic acids is 5. The van der Waals surface area contributed by atoms with Crippen LogP contribution in [0.3, 0.4) is 0 Å². The summed E-state index contributed by atoms with van der Waals surface area (Å²) in [6.07, 6.45) is 8.43. The van der Waals surface area contributed by atoms with Crippen molar-refractivity contribution in [3.63, 3.8) is 0 Å². The number of rotatable bonds is 16. The normalized spacial score (nSPS) is 14.7. The van der Waals surface area contributed by atoms with E-state index in [9.17, 15) is 37.1 Å². The molecule has 12 aromatic rings. The molecule has 6 amide bonds. The number of benzene rings is 7. The SMILES string of the molecule is CC(NC(=O)c1nn(-c2ccc(Cl)cc2Cl)c2c1CN(C(=O)OC(C)(C)C)C/C2=C\c1ccc(F)cc1)c1ccccn1.CC(NC(=O)c1nn(-c2ccc(Cl)cc2Cl)c2c1CNC/C2=C\c1ccc(F)cc1)c1ccccn1.CCNC(=O)N1C/C(=C\c2ccc(F)cc2)c2c(c(C(=O)N[C@H](C)c3ccccc3)nn2-c2ccc(Cl)cc2Cl)C1. The fraction of sp³-hybridized carbons (Fsp3) is 0.200. The van der Waals surface area contributed by atoms with Gasteiger partial charge in [-0.1, -0.05) is 148 Å². The lowest BCUT2D eigenvalue weighted by Gasteiger charge is -2.32. The second kappa shape index (κ2) is 38.0. The predicted molar refractivity (Wildman–Crippen MR) is 464 cm³/mol. The maximum Gasteiger partial charge on any atom is 0.410 e. The fourth-order valence-electron chi connectivity index (χ4n) is 13.8. The first-order valence-corrected chi connectivity index (χ1v) is 40.4. The molecule has 21 nitrogen and oxygen atoms in total. The largest absolute Gasteiger partial charge is 0.444 e. The quantitative estimate of drug-likeness (QED) is 0.0607. The molecule has 15 rings (SSSR count). The summed E-state index contributed by atoms with van der Waals surface area (Å²) in [6.45, 7) is 14.8. The van der Waals surface area contributed by atoms with E-state index in [2.05, 4.69) is 36.6 Å². The molecule has 5 N–H and O–H groups in total. The summed E-state index contributed by atoms with van der Waals surface area (Å²) in [5.74, 6) is -2.20. The Kier molecular flexibility index (Phi) is 27.3. The highest BCUT2D eigenvalue weighted by molar-refractivity contribution is 6.37. The molecule has 614 valence electrons. The van der Waals surface area contributed by atoms with Crippen molar-refractivity contribution in [3.8, 4) is 17.1 Å². The van der Waals surface area contributed by atoms with E-state index in [0.29, 0.717) is 112 Å². The van der Waals surface area contributed by atoms with E-state index in [-0.39, 0.29) is 90.6 Å². The van der Waals surface area contributed by atoms with Gasteiger partial charge in [-0.25, -0.2) is 36.8 Å². The highest BCUT2D eigenvalue weighted by Crippen LogP contribution is 2.41. The number of hydrogen-bond acceptors (Lipinski definition) is 12. The molecule has 7 aromatic carbocycles. The standard InChI is InChI=1S/C32H30Cl2FN5O3.C31H28Cl2FN5O2.C27H22Cl2FN5O/c1-19(26-7-5-6-14-36-26)37-30(41)28-24-18-39(31(42)43-32(2,3)4)17-21(15-20-8-11-23(35)12-9-20)29(24)40(38-28)27-13-10-22(33)16-25(27)34;1-3-35-31(41)38-17-22(15-20-9-12-24(34)13-10-20)29-25(18-38)28(30(40)36-19(2)21-7-5-4-6-8-21)37-39(29)27-14-11-23(32)16-26(27)33;1-16(23-4-2-3-11-32-23)33-27(36)25-21-15-31-14-18(12-17-5-8-20(30)9-6-17)26(21)35(34-25)24-10-7-19(28)13-22(24)29/h5-16,19H,17-18H2,1-4H3,(H,37,41);4-16,19H,3,17-18H2,1-2H3,(H,35,41)(H,36,40);2-13,16,31H,14-15H2,1H3,(H,33,36)/b21-15+;22-15+;18-12+/t;19-;/m.1./s1. The van der Waals surface area contributed by atoms with E-state index < -0.39 is 23.6 Å². The maximum atomic E-state index is 13.8. The second-order valence-electron chi connectivity index (χ2n) is 29.4. The average molecular weight is 1740 g/mol. The molecule has 0 saturated heterocycles. The molecule has 2 unspecified atom stereocenters. The minimum absolute atomic E-state index is 0.0525. The summed E-state index contributed by atoms with van der Waals surface area (Å²) in [7, 11) is 0. The van der Waals surface area contributed by atoms with Gasteiger partial charge in [0.2, 0.25) is 0 Å². The fourth-order valence-corrected chi connectivity index (χ4v) is 15.3. The van der Waals surface area contributed by atoms with Gasteiger partial charge in [0, 0.05) is 70.3 Å².